The molecule has 0 aromatic carbocycles. The minimum Gasteiger partial charge on any atom is -0.375 e. The van der Waals surface area contributed by atoms with E-state index in [4.69, 9.17) is 5.73 Å². The molecule has 0 aromatic heterocycles. The van der Waals surface area contributed by atoms with Crippen LogP contribution in [-0.2, 0) is 4.79 Å². The van der Waals surface area contributed by atoms with E-state index in [1.54, 1.807) is 0 Å². The van der Waals surface area contributed by atoms with E-state index in [0.29, 0.717) is 13.0 Å². The van der Waals surface area contributed by atoms with E-state index in [1.807, 2.05) is 0 Å². The van der Waals surface area contributed by atoms with Crippen LogP contribution < -0.4 is 11.2 Å². The fraction of sp³-hybridized carbons (Fsp3) is 0.500. The zero-order valence-corrected chi connectivity index (χ0v) is 5.57. The molecule has 1 fully saturated rings. The lowest BCUT2D eigenvalue weighted by molar-refractivity contribution is -0.120. The summed E-state index contributed by atoms with van der Waals surface area (Å²) < 4.78 is 0. The predicted molar refractivity (Wildman–Crippen MR) is 36.3 cm³/mol. The average Bonchev–Trinajstić information content (AvgIpc) is 2.14. The Hall–Kier alpha value is -0.840. The van der Waals surface area contributed by atoms with Crippen molar-refractivity contribution in [1.82, 2.24) is 10.4 Å². The van der Waals surface area contributed by atoms with E-state index in [0.717, 1.165) is 0 Å². The van der Waals surface area contributed by atoms with Gasteiger partial charge in [-0.05, 0) is 12.2 Å². The highest BCUT2D eigenvalue weighted by atomic mass is 32.1. The van der Waals surface area contributed by atoms with E-state index in [9.17, 15) is 4.79 Å². The summed E-state index contributed by atoms with van der Waals surface area (Å²) in [4.78, 5) is 10.5. The lowest BCUT2D eigenvalue weighted by Gasteiger charge is -2.12. The second kappa shape index (κ2) is 2.18. The van der Waals surface area contributed by atoms with Gasteiger partial charge < -0.3 is 5.73 Å². The molecule has 0 atom stereocenters. The van der Waals surface area contributed by atoms with Crippen molar-refractivity contribution >= 4 is 23.2 Å². The van der Waals surface area contributed by atoms with Gasteiger partial charge >= 0.3 is 0 Å². The number of hydrogen-bond donors (Lipinski definition) is 2. The van der Waals surface area contributed by atoms with Crippen LogP contribution >= 0.6 is 12.2 Å². The zero-order chi connectivity index (χ0) is 6.85. The Labute approximate surface area is 58.0 Å². The molecule has 0 aliphatic carbocycles. The molecule has 50 valence electrons. The summed E-state index contributed by atoms with van der Waals surface area (Å²) in [6, 6.07) is 0. The number of amides is 1. The SMILES string of the molecule is NC(=S)N1CCC(=O)N1. The van der Waals surface area contributed by atoms with Gasteiger partial charge in [-0.15, -0.1) is 0 Å². The van der Waals surface area contributed by atoms with E-state index in [2.05, 4.69) is 17.6 Å². The fourth-order valence-electron chi connectivity index (χ4n) is 0.641. The summed E-state index contributed by atoms with van der Waals surface area (Å²) in [7, 11) is 0. The molecule has 1 heterocycles. The van der Waals surface area contributed by atoms with Crippen molar-refractivity contribution in [2.75, 3.05) is 6.54 Å². The maximum Gasteiger partial charge on any atom is 0.240 e. The second-order valence-electron chi connectivity index (χ2n) is 1.77. The number of nitrogens with one attached hydrogen (secondary N) is 1. The normalized spacial score (nSPS) is 17.8. The van der Waals surface area contributed by atoms with Crippen LogP contribution in [0.15, 0.2) is 0 Å². The lowest BCUT2D eigenvalue weighted by atomic mass is 10.4. The van der Waals surface area contributed by atoms with Crippen molar-refractivity contribution in [3.8, 4) is 0 Å². The molecule has 0 bridgehead atoms. The first-order valence-corrected chi connectivity index (χ1v) is 2.97. The Kier molecular flexibility index (Phi) is 1.52. The van der Waals surface area contributed by atoms with Crippen molar-refractivity contribution in [2.24, 2.45) is 5.73 Å². The van der Waals surface area contributed by atoms with Gasteiger partial charge in [0.25, 0.3) is 0 Å². The average molecular weight is 145 g/mol. The maximum atomic E-state index is 10.5. The third kappa shape index (κ3) is 1.29. The number of hydrogen-bond acceptors (Lipinski definition) is 2. The minimum absolute atomic E-state index is 0.0252. The molecule has 0 saturated carbocycles. The fourth-order valence-corrected chi connectivity index (χ4v) is 0.778. The van der Waals surface area contributed by atoms with Crippen LogP contribution in [0.5, 0.6) is 0 Å². The van der Waals surface area contributed by atoms with Crippen molar-refractivity contribution in [3.05, 3.63) is 0 Å². The van der Waals surface area contributed by atoms with Crippen molar-refractivity contribution in [1.29, 1.82) is 0 Å². The molecule has 1 amide bonds. The van der Waals surface area contributed by atoms with Crippen LogP contribution in [0.2, 0.25) is 0 Å². The highest BCUT2D eigenvalue weighted by Crippen LogP contribution is 1.95. The first kappa shape index (κ1) is 6.28. The molecule has 0 radical (unpaired) electrons. The standard InChI is InChI=1S/C4H7N3OS/c5-4(9)7-2-1-3(8)6-7/h1-2H2,(H2,5,9)(H,6,8). The third-order valence-corrected chi connectivity index (χ3v) is 1.31. The van der Waals surface area contributed by atoms with Crippen molar-refractivity contribution < 1.29 is 4.79 Å². The van der Waals surface area contributed by atoms with Crippen LogP contribution in [0.3, 0.4) is 0 Å². The van der Waals surface area contributed by atoms with Gasteiger partial charge in [-0.1, -0.05) is 0 Å². The topological polar surface area (TPSA) is 58.4 Å². The Balaban J connectivity index is 2.48. The summed E-state index contributed by atoms with van der Waals surface area (Å²) in [6.45, 7) is 0.591. The summed E-state index contributed by atoms with van der Waals surface area (Å²) in [6.07, 6.45) is 0.483. The molecule has 0 spiro atoms. The molecule has 1 rings (SSSR count). The van der Waals surface area contributed by atoms with Crippen LogP contribution in [0.4, 0.5) is 0 Å². The number of carbonyl (C=O) groups excluding carboxylic acids is 1. The molecule has 1 aliphatic heterocycles. The first-order chi connectivity index (χ1) is 4.20. The number of thiocarbonyl (C=S) groups is 1. The summed E-state index contributed by atoms with van der Waals surface area (Å²) in [5, 5.41) is 1.68. The Morgan fingerprint density at radius 1 is 1.89 bits per heavy atom. The number of carbonyl (C=O) groups is 1. The van der Waals surface area contributed by atoms with Crippen molar-refractivity contribution in [3.63, 3.8) is 0 Å². The van der Waals surface area contributed by atoms with Gasteiger partial charge in [0, 0.05) is 6.42 Å². The van der Waals surface area contributed by atoms with E-state index in [1.165, 1.54) is 5.01 Å². The maximum absolute atomic E-state index is 10.5. The van der Waals surface area contributed by atoms with Gasteiger partial charge in [-0.2, -0.15) is 0 Å². The van der Waals surface area contributed by atoms with Crippen LogP contribution in [0.25, 0.3) is 0 Å². The Morgan fingerprint density at radius 2 is 2.56 bits per heavy atom. The predicted octanol–water partition coefficient (Wildman–Crippen LogP) is -1.03. The summed E-state index contributed by atoms with van der Waals surface area (Å²) >= 11 is 4.60. The van der Waals surface area contributed by atoms with E-state index < -0.39 is 0 Å². The largest absolute Gasteiger partial charge is 0.375 e. The molecular formula is C4H7N3OS. The lowest BCUT2D eigenvalue weighted by Crippen LogP contribution is -2.41. The van der Waals surface area contributed by atoms with Crippen LogP contribution in [-0.4, -0.2) is 22.6 Å². The zero-order valence-electron chi connectivity index (χ0n) is 4.76. The molecule has 1 saturated heterocycles. The molecule has 0 unspecified atom stereocenters. The summed E-state index contributed by atoms with van der Waals surface area (Å²) in [5.74, 6) is -0.0252. The van der Waals surface area contributed by atoms with Gasteiger partial charge in [0.2, 0.25) is 5.91 Å². The quantitative estimate of drug-likeness (QED) is 0.428. The van der Waals surface area contributed by atoms with E-state index in [-0.39, 0.29) is 11.0 Å². The molecular weight excluding hydrogens is 138 g/mol. The minimum atomic E-state index is -0.0252. The molecule has 0 aromatic rings. The number of nitrogens with two attached hydrogens (primary N) is 1. The molecule has 4 nitrogen and oxygen atoms in total. The molecule has 1 aliphatic rings. The van der Waals surface area contributed by atoms with E-state index >= 15 is 0 Å². The highest BCUT2D eigenvalue weighted by Gasteiger charge is 2.17. The monoisotopic (exact) mass is 145 g/mol. The smallest absolute Gasteiger partial charge is 0.240 e. The third-order valence-electron chi connectivity index (χ3n) is 1.09. The van der Waals surface area contributed by atoms with Gasteiger partial charge in [-0.3, -0.25) is 15.2 Å². The van der Waals surface area contributed by atoms with Gasteiger partial charge in [0.05, 0.1) is 6.54 Å². The number of rotatable bonds is 0. The summed E-state index contributed by atoms with van der Waals surface area (Å²) in [5.41, 5.74) is 7.68. The van der Waals surface area contributed by atoms with Crippen LogP contribution in [0, 0.1) is 0 Å². The highest BCUT2D eigenvalue weighted by molar-refractivity contribution is 7.80. The Morgan fingerprint density at radius 3 is 2.78 bits per heavy atom. The van der Waals surface area contributed by atoms with Crippen LogP contribution in [0.1, 0.15) is 6.42 Å². The van der Waals surface area contributed by atoms with Gasteiger partial charge in [0.1, 0.15) is 0 Å². The van der Waals surface area contributed by atoms with Gasteiger partial charge in [-0.25, -0.2) is 0 Å². The molecule has 3 N–H and O–H groups in total. The second-order valence-corrected chi connectivity index (χ2v) is 2.19. The van der Waals surface area contributed by atoms with Gasteiger partial charge in [0.15, 0.2) is 5.11 Å². The Bertz CT molecular complexity index is 158. The number of nitrogens with zero attached hydrogens (tertiary/aromatic N) is 1. The molecule has 5 heteroatoms. The van der Waals surface area contributed by atoms with Crippen molar-refractivity contribution in [2.45, 2.75) is 6.42 Å². The number of hydrazine groups is 1. The first-order valence-electron chi connectivity index (χ1n) is 2.56. The molecule has 9 heavy (non-hydrogen) atoms.